The fourth-order valence-corrected chi connectivity index (χ4v) is 4.08. The smallest absolute Gasteiger partial charge is 0.370 e. The predicted molar refractivity (Wildman–Crippen MR) is 122 cm³/mol. The summed E-state index contributed by atoms with van der Waals surface area (Å²) in [7, 11) is 1.54. The minimum atomic E-state index is -4.66. The van der Waals surface area contributed by atoms with Crippen LogP contribution in [0.1, 0.15) is 17.5 Å². The molecule has 36 heavy (non-hydrogen) atoms. The molecule has 1 aliphatic rings. The van der Waals surface area contributed by atoms with E-state index in [0.717, 1.165) is 18.5 Å². The zero-order valence-electron chi connectivity index (χ0n) is 18.9. The van der Waals surface area contributed by atoms with E-state index in [2.05, 4.69) is 20.1 Å². The second-order valence-electron chi connectivity index (χ2n) is 8.21. The Morgan fingerprint density at radius 1 is 1.17 bits per heavy atom. The second-order valence-corrected chi connectivity index (χ2v) is 8.64. The van der Waals surface area contributed by atoms with Gasteiger partial charge in [-0.25, -0.2) is 19.3 Å². The van der Waals surface area contributed by atoms with Gasteiger partial charge in [-0.05, 0) is 25.1 Å². The quantitative estimate of drug-likeness (QED) is 0.378. The Kier molecular flexibility index (Phi) is 5.91. The Labute approximate surface area is 205 Å². The van der Waals surface area contributed by atoms with Crippen molar-refractivity contribution in [3.05, 3.63) is 63.2 Å². The monoisotopic (exact) mass is 523 g/mol. The molecular weight excluding hydrogens is 506 g/mol. The standard InChI is InChI=1S/C22H18ClF4N7O2/c1-11-29-18-17(14-4-3-13(23)7-15(14)24)30-21(31-19(18)20(35)32(11)2)33-5-6-36-16(10-33)12-8-28-34(9-12)22(25,26)27/h3-4,7-9,16H,5-6,10H2,1-2H3/t16-/m1/s1. The number of rotatable bonds is 3. The number of aromatic nitrogens is 6. The molecule has 0 saturated carbocycles. The van der Waals surface area contributed by atoms with Crippen LogP contribution in [0, 0.1) is 12.7 Å². The van der Waals surface area contributed by atoms with Crippen molar-refractivity contribution < 1.29 is 22.3 Å². The van der Waals surface area contributed by atoms with Crippen molar-refractivity contribution in [2.24, 2.45) is 7.05 Å². The van der Waals surface area contributed by atoms with Gasteiger partial charge in [0.15, 0.2) is 5.52 Å². The van der Waals surface area contributed by atoms with E-state index in [0.29, 0.717) is 5.82 Å². The van der Waals surface area contributed by atoms with E-state index in [-0.39, 0.29) is 63.2 Å². The third-order valence-electron chi connectivity index (χ3n) is 5.91. The highest BCUT2D eigenvalue weighted by atomic mass is 35.5. The SMILES string of the molecule is Cc1nc2c(-c3ccc(Cl)cc3F)nc(N3CCO[C@@H](c4cnn(C(F)(F)F)c4)C3)nc2c(=O)n1C. The number of hydrogen-bond donors (Lipinski definition) is 0. The van der Waals surface area contributed by atoms with Crippen molar-refractivity contribution in [3.63, 3.8) is 0 Å². The van der Waals surface area contributed by atoms with E-state index < -0.39 is 23.8 Å². The summed E-state index contributed by atoms with van der Waals surface area (Å²) in [6.07, 6.45) is -3.48. The number of anilines is 1. The Bertz CT molecular complexity index is 1540. The van der Waals surface area contributed by atoms with E-state index >= 15 is 0 Å². The van der Waals surface area contributed by atoms with Crippen molar-refractivity contribution in [2.45, 2.75) is 19.3 Å². The lowest BCUT2D eigenvalue weighted by Gasteiger charge is -2.32. The van der Waals surface area contributed by atoms with E-state index in [9.17, 15) is 22.4 Å². The molecule has 0 bridgehead atoms. The normalized spacial score (nSPS) is 16.6. The van der Waals surface area contributed by atoms with Gasteiger partial charge < -0.3 is 9.64 Å². The first-order valence-electron chi connectivity index (χ1n) is 10.7. The minimum Gasteiger partial charge on any atom is -0.370 e. The van der Waals surface area contributed by atoms with Gasteiger partial charge in [-0.2, -0.15) is 9.78 Å². The van der Waals surface area contributed by atoms with Gasteiger partial charge in [-0.3, -0.25) is 9.36 Å². The Morgan fingerprint density at radius 3 is 2.64 bits per heavy atom. The molecule has 4 aromatic rings. The van der Waals surface area contributed by atoms with Crippen molar-refractivity contribution >= 4 is 28.6 Å². The molecule has 1 aromatic carbocycles. The number of morpholine rings is 1. The molecule has 0 N–H and O–H groups in total. The third kappa shape index (κ3) is 4.28. The zero-order valence-corrected chi connectivity index (χ0v) is 19.7. The van der Waals surface area contributed by atoms with Gasteiger partial charge in [0.05, 0.1) is 19.3 Å². The van der Waals surface area contributed by atoms with Crippen LogP contribution in [0.25, 0.3) is 22.3 Å². The maximum absolute atomic E-state index is 14.9. The average Bonchev–Trinajstić information content (AvgIpc) is 3.34. The summed E-state index contributed by atoms with van der Waals surface area (Å²) >= 11 is 5.91. The number of aryl methyl sites for hydroxylation is 1. The van der Waals surface area contributed by atoms with Gasteiger partial charge in [-0.15, -0.1) is 13.2 Å². The predicted octanol–water partition coefficient (Wildman–Crippen LogP) is 3.74. The van der Waals surface area contributed by atoms with Gasteiger partial charge in [0, 0.05) is 35.9 Å². The maximum Gasteiger partial charge on any atom is 0.504 e. The molecule has 1 aliphatic heterocycles. The van der Waals surface area contributed by atoms with Crippen LogP contribution in [0.3, 0.4) is 0 Å². The number of hydrogen-bond acceptors (Lipinski definition) is 7. The number of benzene rings is 1. The summed E-state index contributed by atoms with van der Waals surface area (Å²) in [5.41, 5.74) is 0.0348. The van der Waals surface area contributed by atoms with Crippen LogP contribution < -0.4 is 10.5 Å². The molecule has 4 heterocycles. The van der Waals surface area contributed by atoms with E-state index in [1.807, 2.05) is 0 Å². The van der Waals surface area contributed by atoms with Crippen LogP contribution in [0.15, 0.2) is 35.4 Å². The molecule has 188 valence electrons. The van der Waals surface area contributed by atoms with Gasteiger partial charge in [0.25, 0.3) is 5.56 Å². The first-order chi connectivity index (χ1) is 17.0. The van der Waals surface area contributed by atoms with Crippen molar-refractivity contribution in [1.29, 1.82) is 0 Å². The van der Waals surface area contributed by atoms with E-state index in [4.69, 9.17) is 16.3 Å². The van der Waals surface area contributed by atoms with Crippen LogP contribution >= 0.6 is 11.6 Å². The number of ether oxygens (including phenoxy) is 1. The molecule has 1 saturated heterocycles. The average molecular weight is 524 g/mol. The largest absolute Gasteiger partial charge is 0.504 e. The maximum atomic E-state index is 14.9. The van der Waals surface area contributed by atoms with Gasteiger partial charge in [-0.1, -0.05) is 11.6 Å². The van der Waals surface area contributed by atoms with Crippen LogP contribution in [-0.4, -0.2) is 49.0 Å². The number of halogens is 5. The molecule has 9 nitrogen and oxygen atoms in total. The summed E-state index contributed by atoms with van der Waals surface area (Å²) in [5, 5.41) is 3.54. The lowest BCUT2D eigenvalue weighted by Crippen LogP contribution is -2.39. The van der Waals surface area contributed by atoms with Crippen LogP contribution in [0.4, 0.5) is 23.5 Å². The topological polar surface area (TPSA) is 91.0 Å². The Balaban J connectivity index is 1.61. The summed E-state index contributed by atoms with van der Waals surface area (Å²) in [5.74, 6) is -0.188. The minimum absolute atomic E-state index is 0.0228. The molecule has 0 spiro atoms. The van der Waals surface area contributed by atoms with Gasteiger partial charge >= 0.3 is 6.30 Å². The molecule has 0 radical (unpaired) electrons. The molecule has 1 fully saturated rings. The molecule has 0 amide bonds. The fourth-order valence-electron chi connectivity index (χ4n) is 3.93. The molecule has 14 heteroatoms. The molecule has 5 rings (SSSR count). The number of nitrogens with zero attached hydrogens (tertiary/aromatic N) is 7. The Hall–Kier alpha value is -3.58. The number of fused-ring (bicyclic) bond motifs is 1. The number of alkyl halides is 3. The van der Waals surface area contributed by atoms with Crippen molar-refractivity contribution in [1.82, 2.24) is 29.3 Å². The lowest BCUT2D eigenvalue weighted by atomic mass is 10.1. The molecule has 1 atom stereocenters. The van der Waals surface area contributed by atoms with Crippen LogP contribution in [-0.2, 0) is 18.1 Å². The van der Waals surface area contributed by atoms with Crippen molar-refractivity contribution in [2.75, 3.05) is 24.6 Å². The summed E-state index contributed by atoms with van der Waals surface area (Å²) in [6.45, 7) is 2.15. The fraction of sp³-hybridized carbons (Fsp3) is 0.318. The molecule has 0 unspecified atom stereocenters. The van der Waals surface area contributed by atoms with Crippen LogP contribution in [0.5, 0.6) is 0 Å². The Morgan fingerprint density at radius 2 is 1.94 bits per heavy atom. The highest BCUT2D eigenvalue weighted by molar-refractivity contribution is 6.30. The molecule has 0 aliphatic carbocycles. The summed E-state index contributed by atoms with van der Waals surface area (Å²) < 4.78 is 60.7. The van der Waals surface area contributed by atoms with Gasteiger partial charge in [0.1, 0.15) is 29.0 Å². The first kappa shape index (κ1) is 24.1. The highest BCUT2D eigenvalue weighted by Gasteiger charge is 2.34. The van der Waals surface area contributed by atoms with Gasteiger partial charge in [0.2, 0.25) is 5.95 Å². The molecular formula is C22H18ClF4N7O2. The summed E-state index contributed by atoms with van der Waals surface area (Å²) in [6, 6.07) is 4.05. The lowest BCUT2D eigenvalue weighted by molar-refractivity contribution is -0.212. The third-order valence-corrected chi connectivity index (χ3v) is 6.14. The second kappa shape index (κ2) is 8.82. The first-order valence-corrected chi connectivity index (χ1v) is 11.1. The zero-order chi connectivity index (χ0) is 25.8. The van der Waals surface area contributed by atoms with E-state index in [1.165, 1.54) is 23.7 Å². The van der Waals surface area contributed by atoms with Crippen LogP contribution in [0.2, 0.25) is 5.02 Å². The molecule has 3 aromatic heterocycles. The van der Waals surface area contributed by atoms with Crippen molar-refractivity contribution in [3.8, 4) is 11.3 Å². The van der Waals surface area contributed by atoms with E-state index in [1.54, 1.807) is 11.8 Å². The highest BCUT2D eigenvalue weighted by Crippen LogP contribution is 2.32. The summed E-state index contributed by atoms with van der Waals surface area (Å²) in [4.78, 5) is 28.1.